The van der Waals surface area contributed by atoms with Gasteiger partial charge in [-0.15, -0.1) is 11.3 Å². The molecule has 3 aromatic heterocycles. The molecule has 0 spiro atoms. The topological polar surface area (TPSA) is 125 Å². The van der Waals surface area contributed by atoms with Gasteiger partial charge in [0.05, 0.1) is 22.8 Å². The third-order valence-corrected chi connectivity index (χ3v) is 7.40. The third-order valence-electron chi connectivity index (χ3n) is 5.92. The maximum atomic E-state index is 13.1. The Balaban J connectivity index is 1.31. The van der Waals surface area contributed by atoms with Crippen LogP contribution in [0.4, 0.5) is 24.8 Å². The smallest absolute Gasteiger partial charge is 0.370 e. The van der Waals surface area contributed by atoms with E-state index in [-0.39, 0.29) is 16.4 Å². The molecule has 208 valence electrons. The van der Waals surface area contributed by atoms with Crippen molar-refractivity contribution >= 4 is 46.4 Å². The van der Waals surface area contributed by atoms with Crippen LogP contribution in [0.3, 0.4) is 0 Å². The molecular formula is C24H26ClF3N8O2S. The van der Waals surface area contributed by atoms with Gasteiger partial charge in [0, 0.05) is 18.8 Å². The van der Waals surface area contributed by atoms with E-state index in [4.69, 9.17) is 11.6 Å². The van der Waals surface area contributed by atoms with Gasteiger partial charge in [-0.1, -0.05) is 11.6 Å². The second kappa shape index (κ2) is 12.7. The van der Waals surface area contributed by atoms with Gasteiger partial charge in [-0.25, -0.2) is 19.9 Å². The van der Waals surface area contributed by atoms with Crippen LogP contribution in [-0.4, -0.2) is 62.8 Å². The van der Waals surface area contributed by atoms with Gasteiger partial charge in [0.25, 0.3) is 11.8 Å². The lowest BCUT2D eigenvalue weighted by Crippen LogP contribution is -2.27. The number of hydrogen-bond acceptors (Lipinski definition) is 9. The number of carbonyl (C=O) groups excluding carboxylic acids is 2. The molecule has 3 aromatic rings. The Labute approximate surface area is 231 Å². The summed E-state index contributed by atoms with van der Waals surface area (Å²) < 4.78 is 39.2. The zero-order chi connectivity index (χ0) is 28.0. The number of hydrogen-bond donors (Lipinski definition) is 3. The lowest BCUT2D eigenvalue weighted by Gasteiger charge is -2.14. The Morgan fingerprint density at radius 2 is 1.85 bits per heavy atom. The highest BCUT2D eigenvalue weighted by Gasteiger charge is 2.34. The number of thiazole rings is 1. The largest absolute Gasteiger partial charge is 0.418 e. The van der Waals surface area contributed by atoms with Crippen molar-refractivity contribution in [1.82, 2.24) is 30.2 Å². The molecule has 0 aromatic carbocycles. The lowest BCUT2D eigenvalue weighted by molar-refractivity contribution is -0.137. The van der Waals surface area contributed by atoms with E-state index in [1.165, 1.54) is 25.4 Å². The van der Waals surface area contributed by atoms with Crippen molar-refractivity contribution < 1.29 is 22.8 Å². The quantitative estimate of drug-likeness (QED) is 0.295. The van der Waals surface area contributed by atoms with Crippen molar-refractivity contribution in [2.45, 2.75) is 38.4 Å². The summed E-state index contributed by atoms with van der Waals surface area (Å²) in [6, 6.07) is 1.65. The number of nitrogens with zero attached hydrogens (tertiary/aromatic N) is 5. The molecule has 1 aliphatic heterocycles. The monoisotopic (exact) mass is 582 g/mol. The number of halogens is 4. The molecule has 4 heterocycles. The van der Waals surface area contributed by atoms with Gasteiger partial charge in [-0.2, -0.15) is 13.2 Å². The highest BCUT2D eigenvalue weighted by atomic mass is 35.5. The molecular weight excluding hydrogens is 557 g/mol. The predicted octanol–water partition coefficient (Wildman–Crippen LogP) is 4.64. The van der Waals surface area contributed by atoms with Crippen LogP contribution >= 0.6 is 22.9 Å². The van der Waals surface area contributed by atoms with E-state index in [1.54, 1.807) is 13.0 Å². The van der Waals surface area contributed by atoms with E-state index in [2.05, 4.69) is 40.8 Å². The minimum Gasteiger partial charge on any atom is -0.370 e. The molecule has 0 saturated carbocycles. The number of alkyl halides is 3. The first kappa shape index (κ1) is 28.6. The number of aromatic nitrogens is 4. The Bertz CT molecular complexity index is 1320. The number of pyridine rings is 1. The van der Waals surface area contributed by atoms with E-state index in [0.29, 0.717) is 16.9 Å². The van der Waals surface area contributed by atoms with Crippen molar-refractivity contribution in [2.24, 2.45) is 0 Å². The van der Waals surface area contributed by atoms with Crippen molar-refractivity contribution in [3.63, 3.8) is 0 Å². The zero-order valence-electron chi connectivity index (χ0n) is 20.9. The maximum absolute atomic E-state index is 13.1. The summed E-state index contributed by atoms with van der Waals surface area (Å²) in [5.74, 6) is -0.910. The van der Waals surface area contributed by atoms with Gasteiger partial charge in [0.15, 0.2) is 0 Å². The van der Waals surface area contributed by atoms with E-state index >= 15 is 0 Å². The average Bonchev–Trinajstić information content (AvgIpc) is 3.60. The number of anilines is 2. The third kappa shape index (κ3) is 7.83. The molecule has 1 fully saturated rings. The molecule has 1 aliphatic rings. The second-order valence-electron chi connectivity index (χ2n) is 8.88. The molecule has 0 radical (unpaired) electrons. The minimum absolute atomic E-state index is 0.124. The van der Waals surface area contributed by atoms with Crippen LogP contribution in [0.25, 0.3) is 0 Å². The van der Waals surface area contributed by atoms with Crippen LogP contribution in [0.15, 0.2) is 30.9 Å². The molecule has 1 unspecified atom stereocenters. The fraction of sp³-hybridized carbons (Fsp3) is 0.417. The summed E-state index contributed by atoms with van der Waals surface area (Å²) in [7, 11) is 0. The Morgan fingerprint density at radius 3 is 2.59 bits per heavy atom. The summed E-state index contributed by atoms with van der Waals surface area (Å²) in [6.45, 7) is 5.71. The van der Waals surface area contributed by atoms with Crippen LogP contribution in [-0.2, 0) is 6.18 Å². The summed E-state index contributed by atoms with van der Waals surface area (Å²) in [5, 5.41) is 8.14. The zero-order valence-corrected chi connectivity index (χ0v) is 22.5. The summed E-state index contributed by atoms with van der Waals surface area (Å²) >= 11 is 6.55. The van der Waals surface area contributed by atoms with E-state index < -0.39 is 34.6 Å². The van der Waals surface area contributed by atoms with Crippen molar-refractivity contribution in [3.8, 4) is 0 Å². The number of rotatable bonds is 10. The van der Waals surface area contributed by atoms with Gasteiger partial charge in [0.1, 0.15) is 33.5 Å². The fourth-order valence-electron chi connectivity index (χ4n) is 3.93. The normalized spacial score (nSPS) is 14.7. The minimum atomic E-state index is -4.70. The molecule has 1 atom stereocenters. The van der Waals surface area contributed by atoms with E-state index in [0.717, 1.165) is 50.1 Å². The standard InChI is InChI=1S/C24H26ClF3N8O2S/c1-14(34-21(37)17-10-19(33-13-32-17)29-5-4-8-36-6-2-3-7-36)23-31-12-18(39-23)22(38)35-20-9-15(24(26,27)28)16(25)11-30-20/h9-14H,2-8H2,1H3,(H,34,37)(H,29,32,33)(H,30,35,38). The number of likely N-dealkylation sites (tertiary alicyclic amines) is 1. The van der Waals surface area contributed by atoms with Gasteiger partial charge >= 0.3 is 6.18 Å². The predicted molar refractivity (Wildman–Crippen MR) is 141 cm³/mol. The van der Waals surface area contributed by atoms with Gasteiger partial charge in [-0.3, -0.25) is 9.59 Å². The summed E-state index contributed by atoms with van der Waals surface area (Å²) in [6.07, 6.45) is 2.16. The summed E-state index contributed by atoms with van der Waals surface area (Å²) in [4.78, 5) is 44.0. The summed E-state index contributed by atoms with van der Waals surface area (Å²) in [5.41, 5.74) is -0.941. The van der Waals surface area contributed by atoms with Crippen LogP contribution in [0, 0.1) is 0 Å². The highest BCUT2D eigenvalue weighted by molar-refractivity contribution is 7.13. The first-order chi connectivity index (χ1) is 18.6. The van der Waals surface area contributed by atoms with E-state index in [1.807, 2.05) is 0 Å². The molecule has 15 heteroatoms. The average molecular weight is 583 g/mol. The molecule has 10 nitrogen and oxygen atoms in total. The lowest BCUT2D eigenvalue weighted by atomic mass is 10.2. The molecule has 3 N–H and O–H groups in total. The molecule has 39 heavy (non-hydrogen) atoms. The second-order valence-corrected chi connectivity index (χ2v) is 10.3. The Kier molecular flexibility index (Phi) is 9.30. The Morgan fingerprint density at radius 1 is 1.08 bits per heavy atom. The van der Waals surface area contributed by atoms with Crippen molar-refractivity contribution in [3.05, 3.63) is 57.0 Å². The molecule has 2 amide bonds. The van der Waals surface area contributed by atoms with E-state index in [9.17, 15) is 22.8 Å². The number of nitrogens with one attached hydrogen (secondary N) is 3. The molecule has 4 rings (SSSR count). The first-order valence-electron chi connectivity index (χ1n) is 12.2. The number of amides is 2. The van der Waals surface area contributed by atoms with Crippen molar-refractivity contribution in [1.29, 1.82) is 0 Å². The highest BCUT2D eigenvalue weighted by Crippen LogP contribution is 2.35. The molecule has 1 saturated heterocycles. The number of carbonyl (C=O) groups is 2. The Hall–Kier alpha value is -3.36. The maximum Gasteiger partial charge on any atom is 0.418 e. The van der Waals surface area contributed by atoms with Crippen LogP contribution in [0.1, 0.15) is 63.0 Å². The van der Waals surface area contributed by atoms with Gasteiger partial charge in [0.2, 0.25) is 0 Å². The van der Waals surface area contributed by atoms with Crippen LogP contribution < -0.4 is 16.0 Å². The van der Waals surface area contributed by atoms with Crippen molar-refractivity contribution in [2.75, 3.05) is 36.8 Å². The van der Waals surface area contributed by atoms with Gasteiger partial charge in [-0.05, 0) is 51.9 Å². The first-order valence-corrected chi connectivity index (χ1v) is 13.4. The van der Waals surface area contributed by atoms with Gasteiger partial charge < -0.3 is 20.9 Å². The fourth-order valence-corrected chi connectivity index (χ4v) is 4.96. The molecule has 0 bridgehead atoms. The van der Waals surface area contributed by atoms with Crippen LogP contribution in [0.5, 0.6) is 0 Å². The molecule has 0 aliphatic carbocycles. The van der Waals surface area contributed by atoms with Crippen LogP contribution in [0.2, 0.25) is 5.02 Å². The SMILES string of the molecule is CC(NC(=O)c1cc(NCCCN2CCCC2)ncn1)c1ncc(C(=O)Nc2cc(C(F)(F)F)c(Cl)cn2)s1.